The van der Waals surface area contributed by atoms with Crippen molar-refractivity contribution in [3.8, 4) is 0 Å². The molecule has 1 atom stereocenters. The lowest BCUT2D eigenvalue weighted by Gasteiger charge is -2.28. The van der Waals surface area contributed by atoms with Gasteiger partial charge in [0.1, 0.15) is 6.17 Å². The Kier molecular flexibility index (Phi) is 6.02. The predicted molar refractivity (Wildman–Crippen MR) is 102 cm³/mol. The standard InChI is InChI=1S/C18H19Cl3N2O/c1-11-5-8-14(9-6-11)16(24)23-17(18(19,20)21)22-15-10-12(2)4-7-13(15)3/h4-10,17,22H,1-3H3,(H,23,24)/t17-/m1/s1. The van der Waals surface area contributed by atoms with Crippen LogP contribution in [0.3, 0.4) is 0 Å². The molecule has 0 saturated carbocycles. The quantitative estimate of drug-likeness (QED) is 0.564. The highest BCUT2D eigenvalue weighted by Gasteiger charge is 2.34. The van der Waals surface area contributed by atoms with Gasteiger partial charge in [0.2, 0.25) is 3.79 Å². The van der Waals surface area contributed by atoms with Gasteiger partial charge in [0.25, 0.3) is 5.91 Å². The van der Waals surface area contributed by atoms with Crippen molar-refractivity contribution >= 4 is 46.4 Å². The largest absolute Gasteiger partial charge is 0.362 e. The van der Waals surface area contributed by atoms with Gasteiger partial charge >= 0.3 is 0 Å². The van der Waals surface area contributed by atoms with Gasteiger partial charge in [-0.3, -0.25) is 4.79 Å². The molecule has 0 aromatic heterocycles. The number of nitrogens with one attached hydrogen (secondary N) is 2. The summed E-state index contributed by atoms with van der Waals surface area (Å²) in [5.41, 5.74) is 4.43. The number of carbonyl (C=O) groups is 1. The number of anilines is 1. The second-order valence-corrected chi connectivity index (χ2v) is 8.15. The van der Waals surface area contributed by atoms with Crippen LogP contribution in [0, 0.1) is 20.8 Å². The molecule has 1 amide bonds. The van der Waals surface area contributed by atoms with Crippen molar-refractivity contribution in [1.82, 2.24) is 5.32 Å². The Bertz CT molecular complexity index is 724. The van der Waals surface area contributed by atoms with E-state index in [9.17, 15) is 4.79 Å². The van der Waals surface area contributed by atoms with Crippen LogP contribution in [0.25, 0.3) is 0 Å². The third kappa shape index (κ3) is 5.04. The van der Waals surface area contributed by atoms with Gasteiger partial charge in [0, 0.05) is 11.3 Å². The first kappa shape index (κ1) is 18.9. The number of benzene rings is 2. The number of hydrogen-bond acceptors (Lipinski definition) is 2. The highest BCUT2D eigenvalue weighted by Crippen LogP contribution is 2.32. The number of halogens is 3. The Morgan fingerprint density at radius 1 is 0.958 bits per heavy atom. The summed E-state index contributed by atoms with van der Waals surface area (Å²) in [4.78, 5) is 12.4. The normalized spacial score (nSPS) is 12.6. The monoisotopic (exact) mass is 384 g/mol. The SMILES string of the molecule is Cc1ccc(C(=O)N[C@@H](Nc2cc(C)ccc2C)C(Cl)(Cl)Cl)cc1. The average molecular weight is 386 g/mol. The van der Waals surface area contributed by atoms with Gasteiger partial charge in [-0.1, -0.05) is 64.6 Å². The molecule has 6 heteroatoms. The van der Waals surface area contributed by atoms with Gasteiger partial charge in [0.05, 0.1) is 0 Å². The van der Waals surface area contributed by atoms with Crippen molar-refractivity contribution in [3.05, 3.63) is 64.7 Å². The fourth-order valence-corrected chi connectivity index (χ4v) is 2.49. The summed E-state index contributed by atoms with van der Waals surface area (Å²) >= 11 is 18.2. The van der Waals surface area contributed by atoms with Crippen molar-refractivity contribution in [2.45, 2.75) is 30.7 Å². The van der Waals surface area contributed by atoms with Gasteiger partial charge in [0.15, 0.2) is 0 Å². The summed E-state index contributed by atoms with van der Waals surface area (Å²) in [7, 11) is 0. The Balaban J connectivity index is 2.21. The molecule has 3 nitrogen and oxygen atoms in total. The Morgan fingerprint density at radius 3 is 2.12 bits per heavy atom. The minimum absolute atomic E-state index is 0.316. The second-order valence-electron chi connectivity index (χ2n) is 5.78. The first-order chi connectivity index (χ1) is 11.2. The molecule has 128 valence electrons. The van der Waals surface area contributed by atoms with Gasteiger partial charge < -0.3 is 10.6 Å². The molecular weight excluding hydrogens is 367 g/mol. The van der Waals surface area contributed by atoms with E-state index in [0.29, 0.717) is 5.56 Å². The van der Waals surface area contributed by atoms with Crippen LogP contribution in [0.15, 0.2) is 42.5 Å². The smallest absolute Gasteiger partial charge is 0.252 e. The van der Waals surface area contributed by atoms with E-state index in [1.807, 2.05) is 51.1 Å². The van der Waals surface area contributed by atoms with E-state index in [4.69, 9.17) is 34.8 Å². The molecule has 0 radical (unpaired) electrons. The Labute approximate surface area is 157 Å². The molecule has 2 aromatic rings. The van der Waals surface area contributed by atoms with Crippen molar-refractivity contribution in [2.75, 3.05) is 5.32 Å². The first-order valence-corrected chi connectivity index (χ1v) is 8.58. The molecule has 0 aliphatic heterocycles. The lowest BCUT2D eigenvalue weighted by atomic mass is 10.1. The molecule has 0 heterocycles. The van der Waals surface area contributed by atoms with Crippen LogP contribution >= 0.6 is 34.8 Å². The van der Waals surface area contributed by atoms with Crippen LogP contribution in [0.1, 0.15) is 27.0 Å². The van der Waals surface area contributed by atoms with Crippen LogP contribution in [-0.4, -0.2) is 15.9 Å². The summed E-state index contributed by atoms with van der Waals surface area (Å²) < 4.78 is -1.71. The molecule has 0 aliphatic rings. The summed E-state index contributed by atoms with van der Waals surface area (Å²) in [5, 5.41) is 5.85. The molecule has 2 rings (SSSR count). The lowest BCUT2D eigenvalue weighted by Crippen LogP contribution is -2.49. The summed E-state index contributed by atoms with van der Waals surface area (Å²) in [6.07, 6.45) is -0.878. The number of hydrogen-bond donors (Lipinski definition) is 2. The zero-order chi connectivity index (χ0) is 17.9. The zero-order valence-corrected chi connectivity index (χ0v) is 15.9. The molecule has 0 saturated heterocycles. The van der Waals surface area contributed by atoms with Crippen LogP contribution in [0.5, 0.6) is 0 Å². The Morgan fingerprint density at radius 2 is 1.54 bits per heavy atom. The number of rotatable bonds is 4. The van der Waals surface area contributed by atoms with E-state index >= 15 is 0 Å². The van der Waals surface area contributed by atoms with Crippen molar-refractivity contribution in [1.29, 1.82) is 0 Å². The second kappa shape index (κ2) is 7.64. The van der Waals surface area contributed by atoms with Gasteiger partial charge in [-0.05, 0) is 50.1 Å². The lowest BCUT2D eigenvalue weighted by molar-refractivity contribution is 0.0942. The van der Waals surface area contributed by atoms with E-state index in [0.717, 1.165) is 22.4 Å². The number of aryl methyl sites for hydroxylation is 3. The minimum atomic E-state index is -1.71. The summed E-state index contributed by atoms with van der Waals surface area (Å²) in [5.74, 6) is -0.316. The molecule has 0 unspecified atom stereocenters. The first-order valence-electron chi connectivity index (χ1n) is 7.45. The highest BCUT2D eigenvalue weighted by atomic mass is 35.6. The molecule has 2 aromatic carbocycles. The van der Waals surface area contributed by atoms with Crippen molar-refractivity contribution in [3.63, 3.8) is 0 Å². The number of alkyl halides is 3. The van der Waals surface area contributed by atoms with Crippen molar-refractivity contribution < 1.29 is 4.79 Å². The van der Waals surface area contributed by atoms with E-state index in [-0.39, 0.29) is 5.91 Å². The molecule has 0 bridgehead atoms. The van der Waals surface area contributed by atoms with Crippen LogP contribution < -0.4 is 10.6 Å². The van der Waals surface area contributed by atoms with Gasteiger partial charge in [-0.25, -0.2) is 0 Å². The molecule has 0 fully saturated rings. The van der Waals surface area contributed by atoms with Crippen molar-refractivity contribution in [2.24, 2.45) is 0 Å². The molecule has 0 aliphatic carbocycles. The number of amides is 1. The summed E-state index contributed by atoms with van der Waals surface area (Å²) in [6.45, 7) is 5.87. The molecule has 0 spiro atoms. The van der Waals surface area contributed by atoms with Crippen LogP contribution in [0.2, 0.25) is 0 Å². The summed E-state index contributed by atoms with van der Waals surface area (Å²) in [6, 6.07) is 13.1. The maximum Gasteiger partial charge on any atom is 0.252 e. The maximum absolute atomic E-state index is 12.4. The average Bonchev–Trinajstić information content (AvgIpc) is 2.49. The Hall–Kier alpha value is -1.42. The van der Waals surface area contributed by atoms with Gasteiger partial charge in [-0.2, -0.15) is 0 Å². The maximum atomic E-state index is 12.4. The predicted octanol–water partition coefficient (Wildman–Crippen LogP) is 5.15. The number of carbonyl (C=O) groups excluding carboxylic acids is 1. The minimum Gasteiger partial charge on any atom is -0.362 e. The van der Waals surface area contributed by atoms with Crippen LogP contribution in [0.4, 0.5) is 5.69 Å². The third-order valence-corrected chi connectivity index (χ3v) is 4.26. The molecule has 2 N–H and O–H groups in total. The fraction of sp³-hybridized carbons (Fsp3) is 0.278. The van der Waals surface area contributed by atoms with Gasteiger partial charge in [-0.15, -0.1) is 0 Å². The van der Waals surface area contributed by atoms with E-state index in [1.165, 1.54) is 0 Å². The highest BCUT2D eigenvalue weighted by molar-refractivity contribution is 6.68. The van der Waals surface area contributed by atoms with Crippen LogP contribution in [-0.2, 0) is 0 Å². The topological polar surface area (TPSA) is 41.1 Å². The zero-order valence-electron chi connectivity index (χ0n) is 13.7. The third-order valence-electron chi connectivity index (χ3n) is 3.61. The van der Waals surface area contributed by atoms with E-state index in [1.54, 1.807) is 12.1 Å². The molecular formula is C18H19Cl3N2O. The van der Waals surface area contributed by atoms with E-state index < -0.39 is 9.96 Å². The molecule has 24 heavy (non-hydrogen) atoms. The van der Waals surface area contributed by atoms with E-state index in [2.05, 4.69) is 10.6 Å². The fourth-order valence-electron chi connectivity index (χ4n) is 2.17.